The minimum atomic E-state index is 0.512. The van der Waals surface area contributed by atoms with Crippen LogP contribution in [0.5, 0.6) is 5.75 Å². The fourth-order valence-corrected chi connectivity index (χ4v) is 1.99. The number of aryl methyl sites for hydroxylation is 1. The molecule has 0 heterocycles. The van der Waals surface area contributed by atoms with Crippen molar-refractivity contribution in [1.82, 2.24) is 0 Å². The van der Waals surface area contributed by atoms with Crippen molar-refractivity contribution in [3.05, 3.63) is 36.4 Å². The molecule has 0 bridgehead atoms. The summed E-state index contributed by atoms with van der Waals surface area (Å²) >= 11 is 0. The normalized spacial score (nSPS) is 10.9. The lowest BCUT2D eigenvalue weighted by Crippen LogP contribution is -1.97. The molecule has 0 saturated carbocycles. The molecule has 0 aliphatic heterocycles. The summed E-state index contributed by atoms with van der Waals surface area (Å²) in [6.07, 6.45) is 6.48. The Balaban J connectivity index is 2.17. The van der Waals surface area contributed by atoms with Crippen molar-refractivity contribution < 1.29 is 9.47 Å². The van der Waals surface area contributed by atoms with E-state index in [1.165, 1.54) is 37.7 Å². The van der Waals surface area contributed by atoms with Gasteiger partial charge in [0.2, 0.25) is 0 Å². The van der Waals surface area contributed by atoms with Crippen LogP contribution in [0.15, 0.2) is 24.3 Å². The van der Waals surface area contributed by atoms with Gasteiger partial charge in [-0.2, -0.15) is 0 Å². The molecule has 0 fully saturated rings. The number of rotatable bonds is 10. The SMILES string of the molecule is COC[CH]Oc1ccc(CCCCCC(C)C)cc1. The number of hydrogen-bond donors (Lipinski definition) is 0. The third-order valence-electron chi connectivity index (χ3n) is 3.12. The summed E-state index contributed by atoms with van der Waals surface area (Å²) in [5.74, 6) is 1.71. The standard InChI is InChI=1S/C17H27O2/c1-15(2)7-5-4-6-8-16-9-11-17(12-10-16)19-14-13-18-3/h9-12,14-15H,4-8,13H2,1-3H3. The van der Waals surface area contributed by atoms with E-state index >= 15 is 0 Å². The molecule has 2 nitrogen and oxygen atoms in total. The van der Waals surface area contributed by atoms with Gasteiger partial charge in [-0.3, -0.25) is 0 Å². The van der Waals surface area contributed by atoms with Crippen LogP contribution in [0.4, 0.5) is 0 Å². The molecule has 1 rings (SSSR count). The highest BCUT2D eigenvalue weighted by Crippen LogP contribution is 2.16. The van der Waals surface area contributed by atoms with Crippen LogP contribution in [-0.4, -0.2) is 13.7 Å². The van der Waals surface area contributed by atoms with Gasteiger partial charge in [0.25, 0.3) is 0 Å². The molecule has 0 N–H and O–H groups in total. The molecule has 2 heteroatoms. The Kier molecular flexibility index (Phi) is 8.31. The maximum atomic E-state index is 5.42. The van der Waals surface area contributed by atoms with Crippen LogP contribution in [0.3, 0.4) is 0 Å². The van der Waals surface area contributed by atoms with E-state index in [2.05, 4.69) is 26.0 Å². The quantitative estimate of drug-likeness (QED) is 0.573. The molecule has 0 aromatic heterocycles. The van der Waals surface area contributed by atoms with Crippen molar-refractivity contribution >= 4 is 0 Å². The molecule has 19 heavy (non-hydrogen) atoms. The largest absolute Gasteiger partial charge is 0.484 e. The van der Waals surface area contributed by atoms with Crippen molar-refractivity contribution in [1.29, 1.82) is 0 Å². The predicted octanol–water partition coefficient (Wildman–Crippen LogP) is 4.63. The topological polar surface area (TPSA) is 18.5 Å². The highest BCUT2D eigenvalue weighted by molar-refractivity contribution is 5.27. The fourth-order valence-electron chi connectivity index (χ4n) is 1.99. The van der Waals surface area contributed by atoms with Gasteiger partial charge in [-0.05, 0) is 36.5 Å². The average Bonchev–Trinajstić information content (AvgIpc) is 2.40. The average molecular weight is 263 g/mol. The Bertz CT molecular complexity index is 317. The number of benzene rings is 1. The van der Waals surface area contributed by atoms with E-state index in [1.54, 1.807) is 13.7 Å². The molecule has 1 aromatic carbocycles. The predicted molar refractivity (Wildman–Crippen MR) is 80.3 cm³/mol. The van der Waals surface area contributed by atoms with E-state index in [0.29, 0.717) is 6.61 Å². The van der Waals surface area contributed by atoms with Gasteiger partial charge in [0, 0.05) is 7.11 Å². The highest BCUT2D eigenvalue weighted by atomic mass is 16.5. The van der Waals surface area contributed by atoms with Gasteiger partial charge in [0.15, 0.2) is 6.61 Å². The summed E-state index contributed by atoms with van der Waals surface area (Å²) in [6, 6.07) is 8.35. The Morgan fingerprint density at radius 1 is 1.05 bits per heavy atom. The van der Waals surface area contributed by atoms with Gasteiger partial charge in [-0.25, -0.2) is 0 Å². The number of ether oxygens (including phenoxy) is 2. The molecule has 0 unspecified atom stereocenters. The minimum Gasteiger partial charge on any atom is -0.484 e. The van der Waals surface area contributed by atoms with Crippen molar-refractivity contribution in [2.45, 2.75) is 46.0 Å². The summed E-state index contributed by atoms with van der Waals surface area (Å²) < 4.78 is 10.3. The molecule has 107 valence electrons. The van der Waals surface area contributed by atoms with Gasteiger partial charge in [-0.15, -0.1) is 0 Å². The molecular formula is C17H27O2. The van der Waals surface area contributed by atoms with Crippen molar-refractivity contribution in [3.8, 4) is 5.75 Å². The van der Waals surface area contributed by atoms with E-state index in [4.69, 9.17) is 9.47 Å². The first-order chi connectivity index (χ1) is 9.22. The summed E-state index contributed by atoms with van der Waals surface area (Å²) in [4.78, 5) is 0. The van der Waals surface area contributed by atoms with Gasteiger partial charge < -0.3 is 9.47 Å². The van der Waals surface area contributed by atoms with E-state index in [-0.39, 0.29) is 0 Å². The molecule has 1 aromatic rings. The summed E-state index contributed by atoms with van der Waals surface area (Å²) in [7, 11) is 1.66. The van der Waals surface area contributed by atoms with E-state index in [9.17, 15) is 0 Å². The van der Waals surface area contributed by atoms with E-state index in [1.807, 2.05) is 12.1 Å². The molecule has 0 aliphatic rings. The van der Waals surface area contributed by atoms with Gasteiger partial charge in [0.05, 0.1) is 6.61 Å². The van der Waals surface area contributed by atoms with Crippen molar-refractivity contribution in [3.63, 3.8) is 0 Å². The monoisotopic (exact) mass is 263 g/mol. The lowest BCUT2D eigenvalue weighted by Gasteiger charge is -2.07. The Labute approximate surface area is 118 Å². The summed E-state index contributed by atoms with van der Waals surface area (Å²) in [6.45, 7) is 6.76. The Hall–Kier alpha value is -1.02. The van der Waals surface area contributed by atoms with Gasteiger partial charge in [0.1, 0.15) is 5.75 Å². The van der Waals surface area contributed by atoms with E-state index in [0.717, 1.165) is 11.7 Å². The molecule has 0 atom stereocenters. The van der Waals surface area contributed by atoms with E-state index < -0.39 is 0 Å². The number of methoxy groups -OCH3 is 1. The number of unbranched alkanes of at least 4 members (excludes halogenated alkanes) is 2. The van der Waals surface area contributed by atoms with Gasteiger partial charge >= 0.3 is 0 Å². The second kappa shape index (κ2) is 9.85. The minimum absolute atomic E-state index is 0.512. The van der Waals surface area contributed by atoms with Crippen LogP contribution in [0, 0.1) is 12.5 Å². The molecule has 1 radical (unpaired) electrons. The van der Waals surface area contributed by atoms with Crippen LogP contribution in [0.1, 0.15) is 45.1 Å². The molecule has 0 saturated heterocycles. The number of hydrogen-bond acceptors (Lipinski definition) is 2. The first-order valence-electron chi connectivity index (χ1n) is 7.28. The van der Waals surface area contributed by atoms with Crippen LogP contribution >= 0.6 is 0 Å². The first-order valence-corrected chi connectivity index (χ1v) is 7.28. The third-order valence-corrected chi connectivity index (χ3v) is 3.12. The summed E-state index contributed by atoms with van der Waals surface area (Å²) in [5.41, 5.74) is 1.39. The van der Waals surface area contributed by atoms with Crippen molar-refractivity contribution in [2.75, 3.05) is 13.7 Å². The smallest absolute Gasteiger partial charge is 0.161 e. The first kappa shape index (κ1) is 16.0. The van der Waals surface area contributed by atoms with Crippen LogP contribution in [0.2, 0.25) is 0 Å². The molecule has 0 aliphatic carbocycles. The van der Waals surface area contributed by atoms with Crippen molar-refractivity contribution in [2.24, 2.45) is 5.92 Å². The zero-order valence-electron chi connectivity index (χ0n) is 12.5. The lowest BCUT2D eigenvalue weighted by molar-refractivity contribution is 0.183. The molecular weight excluding hydrogens is 236 g/mol. The zero-order valence-corrected chi connectivity index (χ0v) is 12.5. The molecule has 0 amide bonds. The van der Waals surface area contributed by atoms with Crippen LogP contribution in [-0.2, 0) is 11.2 Å². The second-order valence-electron chi connectivity index (χ2n) is 5.38. The second-order valence-corrected chi connectivity index (χ2v) is 5.38. The molecule has 0 spiro atoms. The maximum Gasteiger partial charge on any atom is 0.161 e. The fraction of sp³-hybridized carbons (Fsp3) is 0.588. The van der Waals surface area contributed by atoms with Gasteiger partial charge in [-0.1, -0.05) is 45.2 Å². The van der Waals surface area contributed by atoms with Crippen LogP contribution < -0.4 is 4.74 Å². The van der Waals surface area contributed by atoms with Crippen LogP contribution in [0.25, 0.3) is 0 Å². The summed E-state index contributed by atoms with van der Waals surface area (Å²) in [5, 5.41) is 0. The highest BCUT2D eigenvalue weighted by Gasteiger charge is 1.98. The Morgan fingerprint density at radius 3 is 2.42 bits per heavy atom. The Morgan fingerprint density at radius 2 is 1.79 bits per heavy atom. The lowest BCUT2D eigenvalue weighted by atomic mass is 10.0. The zero-order chi connectivity index (χ0) is 13.9. The maximum absolute atomic E-state index is 5.42. The third kappa shape index (κ3) is 7.89.